The summed E-state index contributed by atoms with van der Waals surface area (Å²) in [7, 11) is 0. The highest BCUT2D eigenvalue weighted by Gasteiger charge is 2.08. The van der Waals surface area contributed by atoms with Gasteiger partial charge in [0.05, 0.1) is 11.9 Å². The van der Waals surface area contributed by atoms with Crippen LogP contribution in [0.3, 0.4) is 0 Å². The van der Waals surface area contributed by atoms with Crippen LogP contribution in [0.4, 0.5) is 5.69 Å². The fourth-order valence-corrected chi connectivity index (χ4v) is 2.00. The third kappa shape index (κ3) is 3.83. The number of benzene rings is 1. The van der Waals surface area contributed by atoms with Gasteiger partial charge >= 0.3 is 0 Å². The number of aryl methyl sites for hydroxylation is 1. The van der Waals surface area contributed by atoms with Crippen molar-refractivity contribution in [1.29, 1.82) is 0 Å². The highest BCUT2D eigenvalue weighted by atomic mass is 35.5. The van der Waals surface area contributed by atoms with Crippen molar-refractivity contribution in [2.75, 3.05) is 5.32 Å². The number of rotatable bonds is 5. The van der Waals surface area contributed by atoms with Crippen LogP contribution < -0.4 is 10.9 Å². The first-order valence-corrected chi connectivity index (χ1v) is 6.58. The molecule has 0 amide bonds. The van der Waals surface area contributed by atoms with Crippen LogP contribution in [0.15, 0.2) is 41.3 Å². The van der Waals surface area contributed by atoms with Gasteiger partial charge in [-0.25, -0.2) is 5.10 Å². The van der Waals surface area contributed by atoms with E-state index < -0.39 is 0 Å². The lowest BCUT2D eigenvalue weighted by Crippen LogP contribution is -2.19. The van der Waals surface area contributed by atoms with Gasteiger partial charge in [0.25, 0.3) is 5.56 Å². The molecular weight excluding hydrogens is 262 g/mol. The van der Waals surface area contributed by atoms with Gasteiger partial charge in [0, 0.05) is 6.04 Å². The Kier molecular flexibility index (Phi) is 4.58. The number of hydrogen-bond acceptors (Lipinski definition) is 3. The Labute approximate surface area is 116 Å². The molecule has 2 aromatic rings. The summed E-state index contributed by atoms with van der Waals surface area (Å²) in [6.45, 7) is 2.06. The third-order valence-electron chi connectivity index (χ3n) is 2.91. The minimum absolute atomic E-state index is 0.154. The highest BCUT2D eigenvalue weighted by molar-refractivity contribution is 6.32. The monoisotopic (exact) mass is 277 g/mol. The molecule has 1 heterocycles. The Balaban J connectivity index is 1.93. The van der Waals surface area contributed by atoms with Gasteiger partial charge in [-0.05, 0) is 25.3 Å². The molecule has 0 bridgehead atoms. The lowest BCUT2D eigenvalue weighted by Gasteiger charge is -2.15. The summed E-state index contributed by atoms with van der Waals surface area (Å²) in [6, 6.07) is 10.5. The quantitative estimate of drug-likeness (QED) is 0.883. The van der Waals surface area contributed by atoms with Gasteiger partial charge in [0.1, 0.15) is 5.02 Å². The molecule has 100 valence electrons. The largest absolute Gasteiger partial charge is 0.380 e. The standard InChI is InChI=1S/C14H16ClN3O/c1-10(7-8-11-5-3-2-4-6-11)17-12-9-16-18-14(19)13(12)15/h2-6,9-10H,7-8H2,1H3,(H2,17,18,19). The Morgan fingerprint density at radius 3 is 2.84 bits per heavy atom. The lowest BCUT2D eigenvalue weighted by atomic mass is 10.1. The molecule has 0 fully saturated rings. The molecule has 0 aliphatic rings. The smallest absolute Gasteiger partial charge is 0.285 e. The van der Waals surface area contributed by atoms with E-state index in [4.69, 9.17) is 11.6 Å². The predicted octanol–water partition coefficient (Wildman–Crippen LogP) is 2.86. The summed E-state index contributed by atoms with van der Waals surface area (Å²) in [5, 5.41) is 9.39. The van der Waals surface area contributed by atoms with E-state index in [9.17, 15) is 4.79 Å². The van der Waals surface area contributed by atoms with Gasteiger partial charge in [0.15, 0.2) is 0 Å². The minimum Gasteiger partial charge on any atom is -0.380 e. The van der Waals surface area contributed by atoms with Gasteiger partial charge in [-0.15, -0.1) is 0 Å². The van der Waals surface area contributed by atoms with E-state index in [1.807, 2.05) is 18.2 Å². The molecule has 0 saturated heterocycles. The second kappa shape index (κ2) is 6.38. The van der Waals surface area contributed by atoms with E-state index in [0.29, 0.717) is 5.69 Å². The molecule has 0 radical (unpaired) electrons. The first-order valence-electron chi connectivity index (χ1n) is 6.20. The van der Waals surface area contributed by atoms with Crippen molar-refractivity contribution in [1.82, 2.24) is 10.2 Å². The molecular formula is C14H16ClN3O. The molecule has 0 aliphatic carbocycles. The van der Waals surface area contributed by atoms with Crippen LogP contribution in [-0.4, -0.2) is 16.2 Å². The maximum atomic E-state index is 11.3. The molecule has 1 atom stereocenters. The fraction of sp³-hybridized carbons (Fsp3) is 0.286. The van der Waals surface area contributed by atoms with Gasteiger partial charge in [0.2, 0.25) is 0 Å². The summed E-state index contributed by atoms with van der Waals surface area (Å²) < 4.78 is 0. The van der Waals surface area contributed by atoms with E-state index >= 15 is 0 Å². The van der Waals surface area contributed by atoms with Crippen LogP contribution >= 0.6 is 11.6 Å². The number of aromatic amines is 1. The number of H-pyrrole nitrogens is 1. The zero-order valence-corrected chi connectivity index (χ0v) is 11.4. The molecule has 0 aliphatic heterocycles. The molecule has 2 rings (SSSR count). The Morgan fingerprint density at radius 2 is 2.11 bits per heavy atom. The molecule has 0 spiro atoms. The minimum atomic E-state index is -0.373. The van der Waals surface area contributed by atoms with Crippen LogP contribution in [0.1, 0.15) is 18.9 Å². The van der Waals surface area contributed by atoms with Gasteiger partial charge in [-0.3, -0.25) is 4.79 Å². The SMILES string of the molecule is CC(CCc1ccccc1)Nc1cn[nH]c(=O)c1Cl. The van der Waals surface area contributed by atoms with Crippen LogP contribution in [0.25, 0.3) is 0 Å². The van der Waals surface area contributed by atoms with Crippen molar-refractivity contribution < 1.29 is 0 Å². The Morgan fingerprint density at radius 1 is 1.37 bits per heavy atom. The van der Waals surface area contributed by atoms with E-state index in [-0.39, 0.29) is 16.6 Å². The normalized spacial score (nSPS) is 12.1. The summed E-state index contributed by atoms with van der Waals surface area (Å²) in [5.41, 5.74) is 1.50. The second-order valence-corrected chi connectivity index (χ2v) is 4.87. The molecule has 0 saturated carbocycles. The van der Waals surface area contributed by atoms with Crippen molar-refractivity contribution in [3.05, 3.63) is 57.5 Å². The van der Waals surface area contributed by atoms with Crippen molar-refractivity contribution >= 4 is 17.3 Å². The Hall–Kier alpha value is -1.81. The highest BCUT2D eigenvalue weighted by Crippen LogP contribution is 2.17. The number of halogens is 1. The van der Waals surface area contributed by atoms with E-state index in [0.717, 1.165) is 12.8 Å². The zero-order chi connectivity index (χ0) is 13.7. The van der Waals surface area contributed by atoms with Gasteiger partial charge in [-0.2, -0.15) is 5.10 Å². The molecule has 4 nitrogen and oxygen atoms in total. The fourth-order valence-electron chi connectivity index (χ4n) is 1.85. The van der Waals surface area contributed by atoms with Crippen LogP contribution in [0, 0.1) is 0 Å². The number of anilines is 1. The molecule has 1 aromatic carbocycles. The van der Waals surface area contributed by atoms with Gasteiger partial charge in [-0.1, -0.05) is 41.9 Å². The molecule has 5 heteroatoms. The van der Waals surface area contributed by atoms with E-state index in [1.165, 1.54) is 11.8 Å². The maximum absolute atomic E-state index is 11.3. The van der Waals surface area contributed by atoms with Crippen molar-refractivity contribution in [2.24, 2.45) is 0 Å². The number of aromatic nitrogens is 2. The molecule has 1 unspecified atom stereocenters. The molecule has 19 heavy (non-hydrogen) atoms. The first kappa shape index (κ1) is 13.6. The summed E-state index contributed by atoms with van der Waals surface area (Å²) >= 11 is 5.91. The van der Waals surface area contributed by atoms with E-state index in [1.54, 1.807) is 0 Å². The van der Waals surface area contributed by atoms with Gasteiger partial charge < -0.3 is 5.32 Å². The molecule has 2 N–H and O–H groups in total. The lowest BCUT2D eigenvalue weighted by molar-refractivity contribution is 0.705. The van der Waals surface area contributed by atoms with E-state index in [2.05, 4.69) is 34.6 Å². The third-order valence-corrected chi connectivity index (χ3v) is 3.28. The average Bonchev–Trinajstić information content (AvgIpc) is 2.43. The summed E-state index contributed by atoms with van der Waals surface area (Å²) in [6.07, 6.45) is 3.46. The summed E-state index contributed by atoms with van der Waals surface area (Å²) in [4.78, 5) is 11.3. The van der Waals surface area contributed by atoms with Crippen molar-refractivity contribution in [3.63, 3.8) is 0 Å². The predicted molar refractivity (Wildman–Crippen MR) is 77.7 cm³/mol. The summed E-state index contributed by atoms with van der Waals surface area (Å²) in [5.74, 6) is 0. The topological polar surface area (TPSA) is 57.8 Å². The van der Waals surface area contributed by atoms with Crippen molar-refractivity contribution in [2.45, 2.75) is 25.8 Å². The van der Waals surface area contributed by atoms with Crippen molar-refractivity contribution in [3.8, 4) is 0 Å². The maximum Gasteiger partial charge on any atom is 0.285 e. The number of hydrogen-bond donors (Lipinski definition) is 2. The van der Waals surface area contributed by atoms with Crippen LogP contribution in [-0.2, 0) is 6.42 Å². The van der Waals surface area contributed by atoms with Crippen LogP contribution in [0.2, 0.25) is 5.02 Å². The average molecular weight is 278 g/mol. The first-order chi connectivity index (χ1) is 9.16. The number of nitrogens with zero attached hydrogens (tertiary/aromatic N) is 1. The number of nitrogens with one attached hydrogen (secondary N) is 2. The second-order valence-electron chi connectivity index (χ2n) is 4.50. The molecule has 1 aromatic heterocycles. The van der Waals surface area contributed by atoms with Crippen LogP contribution in [0.5, 0.6) is 0 Å². The Bertz CT molecular complexity index is 583. The zero-order valence-electron chi connectivity index (χ0n) is 10.7.